The minimum atomic E-state index is -0.468. The van der Waals surface area contributed by atoms with E-state index in [-0.39, 0.29) is 18.3 Å². The van der Waals surface area contributed by atoms with Crippen LogP contribution in [0.25, 0.3) is 0 Å². The van der Waals surface area contributed by atoms with Crippen molar-refractivity contribution in [2.45, 2.75) is 31.8 Å². The van der Waals surface area contributed by atoms with E-state index in [4.69, 9.17) is 0 Å². The highest BCUT2D eigenvalue weighted by atomic mass is 32.1. The van der Waals surface area contributed by atoms with Gasteiger partial charge in [0, 0.05) is 24.0 Å². The van der Waals surface area contributed by atoms with Crippen LogP contribution in [0.1, 0.15) is 23.3 Å². The van der Waals surface area contributed by atoms with Crippen LogP contribution in [0, 0.1) is 5.82 Å². The van der Waals surface area contributed by atoms with Crippen molar-refractivity contribution in [2.75, 3.05) is 13.1 Å². The fourth-order valence-electron chi connectivity index (χ4n) is 2.73. The van der Waals surface area contributed by atoms with Crippen LogP contribution in [0.2, 0.25) is 0 Å². The zero-order valence-electron chi connectivity index (χ0n) is 14.4. The first-order valence-corrected chi connectivity index (χ1v) is 9.56. The second-order valence-electron chi connectivity index (χ2n) is 6.40. The average Bonchev–Trinajstić information content (AvgIpc) is 3.33. The van der Waals surface area contributed by atoms with Gasteiger partial charge in [0.15, 0.2) is 0 Å². The first kappa shape index (κ1) is 18.5. The van der Waals surface area contributed by atoms with Gasteiger partial charge in [-0.3, -0.25) is 15.0 Å². The molecule has 0 saturated heterocycles. The minimum absolute atomic E-state index is 0.153. The SMILES string of the molecule is O=C(CN(Cc1ccc(F)cc1)C1CC1)NC(=O)NCCc1cccs1. The Balaban J connectivity index is 1.42. The van der Waals surface area contributed by atoms with Crippen molar-refractivity contribution in [1.82, 2.24) is 15.5 Å². The highest BCUT2D eigenvalue weighted by Gasteiger charge is 2.30. The van der Waals surface area contributed by atoms with Crippen LogP contribution in [0.5, 0.6) is 0 Å². The molecule has 5 nitrogen and oxygen atoms in total. The predicted octanol–water partition coefficient (Wildman–Crippen LogP) is 2.92. The molecule has 7 heteroatoms. The zero-order chi connectivity index (χ0) is 18.4. The summed E-state index contributed by atoms with van der Waals surface area (Å²) in [5.74, 6) is -0.601. The van der Waals surface area contributed by atoms with Gasteiger partial charge in [-0.05, 0) is 48.4 Å². The van der Waals surface area contributed by atoms with Crippen LogP contribution in [-0.2, 0) is 17.8 Å². The van der Waals surface area contributed by atoms with Gasteiger partial charge in [-0.2, -0.15) is 0 Å². The molecule has 1 aliphatic rings. The number of carbonyl (C=O) groups is 2. The summed E-state index contributed by atoms with van der Waals surface area (Å²) in [7, 11) is 0. The van der Waals surface area contributed by atoms with Gasteiger partial charge in [0.05, 0.1) is 6.54 Å². The van der Waals surface area contributed by atoms with E-state index in [1.165, 1.54) is 17.0 Å². The summed E-state index contributed by atoms with van der Waals surface area (Å²) in [4.78, 5) is 27.2. The third-order valence-electron chi connectivity index (χ3n) is 4.20. The number of urea groups is 1. The Morgan fingerprint density at radius 2 is 1.96 bits per heavy atom. The number of halogens is 1. The Kier molecular flexibility index (Phi) is 6.35. The minimum Gasteiger partial charge on any atom is -0.337 e. The number of imide groups is 1. The molecule has 0 radical (unpaired) electrons. The number of hydrogen-bond acceptors (Lipinski definition) is 4. The molecule has 3 rings (SSSR count). The van der Waals surface area contributed by atoms with E-state index < -0.39 is 6.03 Å². The van der Waals surface area contributed by atoms with Gasteiger partial charge in [-0.25, -0.2) is 9.18 Å². The van der Waals surface area contributed by atoms with E-state index >= 15 is 0 Å². The number of rotatable bonds is 8. The van der Waals surface area contributed by atoms with Crippen molar-refractivity contribution in [3.63, 3.8) is 0 Å². The monoisotopic (exact) mass is 375 g/mol. The van der Waals surface area contributed by atoms with Crippen molar-refractivity contribution in [3.05, 3.63) is 58.0 Å². The molecule has 0 unspecified atom stereocenters. The van der Waals surface area contributed by atoms with Crippen molar-refractivity contribution in [1.29, 1.82) is 0 Å². The van der Waals surface area contributed by atoms with Crippen molar-refractivity contribution < 1.29 is 14.0 Å². The molecule has 3 amide bonds. The van der Waals surface area contributed by atoms with Crippen LogP contribution in [0.4, 0.5) is 9.18 Å². The first-order valence-electron chi connectivity index (χ1n) is 8.69. The quantitative estimate of drug-likeness (QED) is 0.746. The van der Waals surface area contributed by atoms with Crippen molar-refractivity contribution in [3.8, 4) is 0 Å². The second kappa shape index (κ2) is 8.91. The van der Waals surface area contributed by atoms with Crippen LogP contribution in [-0.4, -0.2) is 36.0 Å². The molecule has 26 heavy (non-hydrogen) atoms. The fourth-order valence-corrected chi connectivity index (χ4v) is 3.44. The molecule has 1 aliphatic carbocycles. The van der Waals surface area contributed by atoms with Gasteiger partial charge >= 0.3 is 6.03 Å². The molecular weight excluding hydrogens is 353 g/mol. The predicted molar refractivity (Wildman–Crippen MR) is 99.4 cm³/mol. The molecule has 2 aromatic rings. The molecule has 138 valence electrons. The average molecular weight is 375 g/mol. The number of thiophene rings is 1. The highest BCUT2D eigenvalue weighted by molar-refractivity contribution is 7.09. The van der Waals surface area contributed by atoms with E-state index in [0.717, 1.165) is 24.8 Å². The maximum Gasteiger partial charge on any atom is 0.321 e. The third-order valence-corrected chi connectivity index (χ3v) is 5.14. The largest absolute Gasteiger partial charge is 0.337 e. The second-order valence-corrected chi connectivity index (χ2v) is 7.43. The molecule has 1 aromatic heterocycles. The smallest absolute Gasteiger partial charge is 0.321 e. The molecule has 1 aromatic carbocycles. The van der Waals surface area contributed by atoms with Crippen LogP contribution in [0.3, 0.4) is 0 Å². The lowest BCUT2D eigenvalue weighted by Crippen LogP contribution is -2.45. The molecule has 2 N–H and O–H groups in total. The molecule has 0 spiro atoms. The topological polar surface area (TPSA) is 61.4 Å². The van der Waals surface area contributed by atoms with Gasteiger partial charge in [-0.15, -0.1) is 11.3 Å². The number of nitrogens with one attached hydrogen (secondary N) is 2. The maximum absolute atomic E-state index is 13.0. The Bertz CT molecular complexity index is 730. The van der Waals surface area contributed by atoms with Crippen LogP contribution < -0.4 is 10.6 Å². The molecule has 1 heterocycles. The molecule has 0 aliphatic heterocycles. The molecule has 1 saturated carbocycles. The summed E-state index contributed by atoms with van der Waals surface area (Å²) < 4.78 is 13.0. The normalized spacial score (nSPS) is 13.6. The highest BCUT2D eigenvalue weighted by Crippen LogP contribution is 2.28. The van der Waals surface area contributed by atoms with Crippen LogP contribution in [0.15, 0.2) is 41.8 Å². The number of carbonyl (C=O) groups excluding carboxylic acids is 2. The maximum atomic E-state index is 13.0. The van der Waals surface area contributed by atoms with Gasteiger partial charge in [0.25, 0.3) is 0 Å². The van der Waals surface area contributed by atoms with E-state index in [1.807, 2.05) is 22.4 Å². The van der Waals surface area contributed by atoms with Crippen molar-refractivity contribution in [2.24, 2.45) is 0 Å². The molecule has 0 bridgehead atoms. The summed E-state index contributed by atoms with van der Waals surface area (Å²) in [5.41, 5.74) is 0.950. The lowest BCUT2D eigenvalue weighted by atomic mass is 10.2. The van der Waals surface area contributed by atoms with E-state index in [2.05, 4.69) is 10.6 Å². The lowest BCUT2D eigenvalue weighted by molar-refractivity contribution is -0.121. The van der Waals surface area contributed by atoms with Gasteiger partial charge in [-0.1, -0.05) is 18.2 Å². The number of amides is 3. The Morgan fingerprint density at radius 3 is 2.62 bits per heavy atom. The van der Waals surface area contributed by atoms with Gasteiger partial charge in [0.1, 0.15) is 5.82 Å². The van der Waals surface area contributed by atoms with E-state index in [1.54, 1.807) is 23.5 Å². The Hall–Kier alpha value is -2.25. The first-order chi connectivity index (χ1) is 12.6. The number of nitrogens with zero attached hydrogens (tertiary/aromatic N) is 1. The Morgan fingerprint density at radius 1 is 1.19 bits per heavy atom. The van der Waals surface area contributed by atoms with Crippen molar-refractivity contribution >= 4 is 23.3 Å². The summed E-state index contributed by atoms with van der Waals surface area (Å²) in [5, 5.41) is 7.07. The Labute approximate surface area is 156 Å². The molecular formula is C19H22FN3O2S. The zero-order valence-corrected chi connectivity index (χ0v) is 15.2. The summed E-state index contributed by atoms with van der Waals surface area (Å²) in [6.45, 7) is 1.21. The lowest BCUT2D eigenvalue weighted by Gasteiger charge is -2.21. The summed E-state index contributed by atoms with van der Waals surface area (Å²) >= 11 is 1.64. The summed E-state index contributed by atoms with van der Waals surface area (Å²) in [6, 6.07) is 10.1. The van der Waals surface area contributed by atoms with E-state index in [9.17, 15) is 14.0 Å². The molecule has 0 atom stereocenters. The van der Waals surface area contributed by atoms with Crippen LogP contribution >= 0.6 is 11.3 Å². The number of hydrogen-bond donors (Lipinski definition) is 2. The number of benzene rings is 1. The fraction of sp³-hybridized carbons (Fsp3) is 0.368. The summed E-state index contributed by atoms with van der Waals surface area (Å²) in [6.07, 6.45) is 2.83. The van der Waals surface area contributed by atoms with Gasteiger partial charge in [0.2, 0.25) is 5.91 Å². The van der Waals surface area contributed by atoms with E-state index in [0.29, 0.717) is 19.1 Å². The third kappa shape index (κ3) is 5.93. The van der Waals surface area contributed by atoms with Gasteiger partial charge < -0.3 is 5.32 Å². The molecule has 1 fully saturated rings. The standard InChI is InChI=1S/C19H22FN3O2S/c20-15-5-3-14(4-6-15)12-23(16-7-8-16)13-18(24)22-19(25)21-10-9-17-2-1-11-26-17/h1-6,11,16H,7-10,12-13H2,(H2,21,22,24,25).